The Morgan fingerprint density at radius 2 is 1.94 bits per heavy atom. The van der Waals surface area contributed by atoms with E-state index in [2.05, 4.69) is 5.32 Å². The molecular weight excluding hydrogens is 230 g/mol. The van der Waals surface area contributed by atoms with Crippen LogP contribution < -0.4 is 10.1 Å². The molecule has 0 fully saturated rings. The summed E-state index contributed by atoms with van der Waals surface area (Å²) in [5.41, 5.74) is 1.18. The second kappa shape index (κ2) is 6.83. The van der Waals surface area contributed by atoms with E-state index < -0.39 is 0 Å². The van der Waals surface area contributed by atoms with Gasteiger partial charge in [0.25, 0.3) is 0 Å². The van der Waals surface area contributed by atoms with Gasteiger partial charge in [0.2, 0.25) is 0 Å². The summed E-state index contributed by atoms with van der Waals surface area (Å²) >= 11 is 0. The Hall–Kier alpha value is -1.78. The maximum atomic E-state index is 8.64. The number of aliphatic hydroxyl groups is 1. The molecule has 1 aromatic carbocycles. The number of hydrogen-bond donors (Lipinski definition) is 2. The molecule has 2 N–H and O–H groups in total. The first-order valence-electron chi connectivity index (χ1n) is 5.94. The molecule has 2 aromatic rings. The zero-order valence-corrected chi connectivity index (χ0v) is 10.1. The van der Waals surface area contributed by atoms with Crippen LogP contribution in [0.5, 0.6) is 5.75 Å². The van der Waals surface area contributed by atoms with Crippen molar-refractivity contribution in [2.45, 2.75) is 13.1 Å². The third-order valence-corrected chi connectivity index (χ3v) is 2.49. The summed E-state index contributed by atoms with van der Waals surface area (Å²) in [4.78, 5) is 0. The van der Waals surface area contributed by atoms with Crippen LogP contribution in [0, 0.1) is 0 Å². The first-order valence-corrected chi connectivity index (χ1v) is 5.94. The van der Waals surface area contributed by atoms with Crippen molar-refractivity contribution in [3.05, 3.63) is 54.0 Å². The Morgan fingerprint density at radius 3 is 2.61 bits per heavy atom. The number of aliphatic hydroxyl groups excluding tert-OH is 1. The predicted molar refractivity (Wildman–Crippen MR) is 68.3 cm³/mol. The van der Waals surface area contributed by atoms with E-state index in [9.17, 15) is 0 Å². The standard InChI is InChI=1S/C14H17NO3/c16-7-9-18-13-5-3-12(4-6-13)10-15-11-14-2-1-8-17-14/h1-6,8,15-16H,7,9-11H2. The topological polar surface area (TPSA) is 54.6 Å². The van der Waals surface area contributed by atoms with Crippen LogP contribution in [0.25, 0.3) is 0 Å². The highest BCUT2D eigenvalue weighted by Crippen LogP contribution is 2.12. The molecule has 0 amide bonds. The predicted octanol–water partition coefficient (Wildman–Crippen LogP) is 1.94. The molecule has 4 heteroatoms. The lowest BCUT2D eigenvalue weighted by Gasteiger charge is -2.06. The first-order chi connectivity index (χ1) is 8.88. The number of rotatable bonds is 7. The van der Waals surface area contributed by atoms with Crippen molar-refractivity contribution < 1.29 is 14.3 Å². The van der Waals surface area contributed by atoms with Crippen LogP contribution in [-0.2, 0) is 13.1 Å². The van der Waals surface area contributed by atoms with Gasteiger partial charge in [-0.05, 0) is 29.8 Å². The van der Waals surface area contributed by atoms with E-state index in [0.717, 1.165) is 24.6 Å². The minimum atomic E-state index is 0.0342. The second-order valence-electron chi connectivity index (χ2n) is 3.90. The highest BCUT2D eigenvalue weighted by atomic mass is 16.5. The quantitative estimate of drug-likeness (QED) is 0.785. The van der Waals surface area contributed by atoms with Crippen molar-refractivity contribution in [1.82, 2.24) is 5.32 Å². The molecule has 0 saturated carbocycles. The summed E-state index contributed by atoms with van der Waals surface area (Å²) < 4.78 is 10.5. The average molecular weight is 247 g/mol. The lowest BCUT2D eigenvalue weighted by atomic mass is 10.2. The molecule has 0 aliphatic heterocycles. The average Bonchev–Trinajstić information content (AvgIpc) is 2.91. The maximum Gasteiger partial charge on any atom is 0.119 e. The van der Waals surface area contributed by atoms with Crippen molar-refractivity contribution in [3.8, 4) is 5.75 Å². The number of furan rings is 1. The van der Waals surface area contributed by atoms with Crippen LogP contribution in [0.1, 0.15) is 11.3 Å². The van der Waals surface area contributed by atoms with Crippen molar-refractivity contribution in [3.63, 3.8) is 0 Å². The summed E-state index contributed by atoms with van der Waals surface area (Å²) in [5, 5.41) is 11.9. The van der Waals surface area contributed by atoms with Crippen LogP contribution in [0.2, 0.25) is 0 Å². The monoisotopic (exact) mass is 247 g/mol. The fraction of sp³-hybridized carbons (Fsp3) is 0.286. The Kier molecular flexibility index (Phi) is 4.81. The highest BCUT2D eigenvalue weighted by Gasteiger charge is 1.97. The van der Waals surface area contributed by atoms with E-state index in [1.165, 1.54) is 5.56 Å². The second-order valence-corrected chi connectivity index (χ2v) is 3.90. The molecule has 0 spiro atoms. The molecule has 4 nitrogen and oxygen atoms in total. The van der Waals surface area contributed by atoms with Gasteiger partial charge in [0.15, 0.2) is 0 Å². The summed E-state index contributed by atoms with van der Waals surface area (Å²) in [6, 6.07) is 11.6. The minimum Gasteiger partial charge on any atom is -0.491 e. The molecule has 0 unspecified atom stereocenters. The molecule has 0 saturated heterocycles. The third kappa shape index (κ3) is 3.91. The molecule has 96 valence electrons. The van der Waals surface area contributed by atoms with Gasteiger partial charge in [0, 0.05) is 6.54 Å². The van der Waals surface area contributed by atoms with Gasteiger partial charge in [-0.3, -0.25) is 0 Å². The molecule has 18 heavy (non-hydrogen) atoms. The van der Waals surface area contributed by atoms with Crippen LogP contribution in [-0.4, -0.2) is 18.3 Å². The van der Waals surface area contributed by atoms with E-state index >= 15 is 0 Å². The smallest absolute Gasteiger partial charge is 0.119 e. The van der Waals surface area contributed by atoms with Gasteiger partial charge >= 0.3 is 0 Å². The van der Waals surface area contributed by atoms with Crippen molar-refractivity contribution in [1.29, 1.82) is 0 Å². The normalized spacial score (nSPS) is 10.5. The van der Waals surface area contributed by atoms with Crippen molar-refractivity contribution >= 4 is 0 Å². The summed E-state index contributed by atoms with van der Waals surface area (Å²) in [5.74, 6) is 1.71. The number of hydrogen-bond acceptors (Lipinski definition) is 4. The molecule has 1 heterocycles. The van der Waals surface area contributed by atoms with E-state index in [0.29, 0.717) is 6.61 Å². The fourth-order valence-corrected chi connectivity index (χ4v) is 1.61. The lowest BCUT2D eigenvalue weighted by molar-refractivity contribution is 0.201. The van der Waals surface area contributed by atoms with E-state index in [1.54, 1.807) is 6.26 Å². The minimum absolute atomic E-state index is 0.0342. The molecule has 2 rings (SSSR count). The molecule has 0 aliphatic rings. The van der Waals surface area contributed by atoms with Crippen LogP contribution in [0.3, 0.4) is 0 Å². The largest absolute Gasteiger partial charge is 0.491 e. The van der Waals surface area contributed by atoms with Crippen LogP contribution >= 0.6 is 0 Å². The van der Waals surface area contributed by atoms with Crippen molar-refractivity contribution in [2.75, 3.05) is 13.2 Å². The van der Waals surface area contributed by atoms with E-state index in [-0.39, 0.29) is 6.61 Å². The summed E-state index contributed by atoms with van der Waals surface area (Å²) in [6.07, 6.45) is 1.67. The summed E-state index contributed by atoms with van der Waals surface area (Å²) in [7, 11) is 0. The number of nitrogens with one attached hydrogen (secondary N) is 1. The SMILES string of the molecule is OCCOc1ccc(CNCc2ccco2)cc1. The van der Waals surface area contributed by atoms with Gasteiger partial charge in [-0.2, -0.15) is 0 Å². The van der Waals surface area contributed by atoms with E-state index in [1.807, 2.05) is 36.4 Å². The van der Waals surface area contributed by atoms with Gasteiger partial charge in [-0.1, -0.05) is 12.1 Å². The van der Waals surface area contributed by atoms with Gasteiger partial charge in [-0.25, -0.2) is 0 Å². The zero-order valence-electron chi connectivity index (χ0n) is 10.1. The fourth-order valence-electron chi connectivity index (χ4n) is 1.61. The summed E-state index contributed by atoms with van der Waals surface area (Å²) in [6.45, 7) is 1.86. The van der Waals surface area contributed by atoms with Crippen LogP contribution in [0.15, 0.2) is 47.1 Å². The van der Waals surface area contributed by atoms with Crippen molar-refractivity contribution in [2.24, 2.45) is 0 Å². The Labute approximate surface area is 106 Å². The number of benzene rings is 1. The van der Waals surface area contributed by atoms with E-state index in [4.69, 9.17) is 14.3 Å². The highest BCUT2D eigenvalue weighted by molar-refractivity contribution is 5.27. The molecular formula is C14H17NO3. The molecule has 0 atom stereocenters. The van der Waals surface area contributed by atoms with Gasteiger partial charge in [0.1, 0.15) is 18.1 Å². The maximum absolute atomic E-state index is 8.64. The van der Waals surface area contributed by atoms with Gasteiger partial charge in [-0.15, -0.1) is 0 Å². The van der Waals surface area contributed by atoms with Gasteiger partial charge in [0.05, 0.1) is 19.4 Å². The molecule has 0 aliphatic carbocycles. The molecule has 0 radical (unpaired) electrons. The third-order valence-electron chi connectivity index (χ3n) is 2.49. The van der Waals surface area contributed by atoms with Gasteiger partial charge < -0.3 is 19.6 Å². The van der Waals surface area contributed by atoms with Crippen LogP contribution in [0.4, 0.5) is 0 Å². The number of ether oxygens (including phenoxy) is 1. The zero-order chi connectivity index (χ0) is 12.6. The lowest BCUT2D eigenvalue weighted by Crippen LogP contribution is -2.12. The molecule has 1 aromatic heterocycles. The Morgan fingerprint density at radius 1 is 1.11 bits per heavy atom. The molecule has 0 bridgehead atoms. The first kappa shape index (κ1) is 12.7. The Bertz CT molecular complexity index is 437. The Balaban J connectivity index is 1.75.